The normalized spacial score (nSPS) is 10.5. The summed E-state index contributed by atoms with van der Waals surface area (Å²) in [7, 11) is 0. The van der Waals surface area contributed by atoms with Gasteiger partial charge in [-0.3, -0.25) is 30.4 Å². The maximum atomic E-state index is 12.1. The molecule has 0 atom stereocenters. The fraction of sp³-hybridized carbons (Fsp3) is 0.130. The van der Waals surface area contributed by atoms with Crippen molar-refractivity contribution in [1.29, 1.82) is 0 Å². The van der Waals surface area contributed by atoms with Gasteiger partial charge in [-0.1, -0.05) is 0 Å². The van der Waals surface area contributed by atoms with Crippen LogP contribution in [0.3, 0.4) is 0 Å². The molecule has 0 aliphatic heterocycles. The van der Waals surface area contributed by atoms with E-state index in [4.69, 9.17) is 9.47 Å². The van der Waals surface area contributed by atoms with Gasteiger partial charge in [0.05, 0.1) is 28.7 Å². The molecule has 180 valence electrons. The summed E-state index contributed by atoms with van der Waals surface area (Å²) < 4.78 is 10.8. The van der Waals surface area contributed by atoms with Gasteiger partial charge in [-0.25, -0.2) is 0 Å². The van der Waals surface area contributed by atoms with Gasteiger partial charge in [-0.15, -0.1) is 0 Å². The number of hydrazone groups is 1. The van der Waals surface area contributed by atoms with E-state index in [0.29, 0.717) is 29.4 Å². The van der Waals surface area contributed by atoms with Crippen molar-refractivity contribution in [3.05, 3.63) is 92.5 Å². The average Bonchev–Trinajstić information content (AvgIpc) is 2.85. The molecular weight excluding hydrogens is 458 g/mol. The third kappa shape index (κ3) is 7.25. The monoisotopic (exact) mass is 479 g/mol. The maximum absolute atomic E-state index is 12.1. The predicted molar refractivity (Wildman–Crippen MR) is 129 cm³/mol. The molecule has 0 fully saturated rings. The summed E-state index contributed by atoms with van der Waals surface area (Å²) in [6.45, 7) is 2.26. The lowest BCUT2D eigenvalue weighted by Gasteiger charge is -2.09. The highest BCUT2D eigenvalue weighted by Gasteiger charge is 2.19. The fourth-order valence-electron chi connectivity index (χ4n) is 2.85. The average molecular weight is 479 g/mol. The molecule has 3 rings (SSSR count). The lowest BCUT2D eigenvalue weighted by molar-refractivity contribution is -0.393. The Morgan fingerprint density at radius 2 is 1.60 bits per heavy atom. The van der Waals surface area contributed by atoms with Crippen molar-refractivity contribution in [2.24, 2.45) is 5.10 Å². The Bertz CT molecular complexity index is 1230. The van der Waals surface area contributed by atoms with Gasteiger partial charge in [0.1, 0.15) is 17.2 Å². The second-order valence-electron chi connectivity index (χ2n) is 6.95. The molecule has 0 heterocycles. The third-order valence-electron chi connectivity index (χ3n) is 4.49. The van der Waals surface area contributed by atoms with Gasteiger partial charge in [0.15, 0.2) is 6.61 Å². The molecule has 0 saturated heterocycles. The molecule has 0 unspecified atom stereocenters. The smallest absolute Gasteiger partial charge is 0.301 e. The van der Waals surface area contributed by atoms with Crippen LogP contribution in [0, 0.1) is 20.2 Å². The summed E-state index contributed by atoms with van der Waals surface area (Å²) >= 11 is 0. The molecule has 0 saturated carbocycles. The number of non-ortho nitro benzene ring substituents is 1. The third-order valence-corrected chi connectivity index (χ3v) is 4.49. The molecule has 1 amide bonds. The van der Waals surface area contributed by atoms with Crippen molar-refractivity contribution in [3.8, 4) is 11.5 Å². The first-order valence-corrected chi connectivity index (χ1v) is 10.3. The molecule has 12 nitrogen and oxygen atoms in total. The van der Waals surface area contributed by atoms with Crippen molar-refractivity contribution in [2.75, 3.05) is 24.0 Å². The summed E-state index contributed by atoms with van der Waals surface area (Å²) in [6.07, 6.45) is 1.41. The molecule has 0 spiro atoms. The second kappa shape index (κ2) is 11.7. The second-order valence-corrected chi connectivity index (χ2v) is 6.95. The number of carbonyl (C=O) groups is 1. The maximum Gasteiger partial charge on any atom is 0.301 e. The van der Waals surface area contributed by atoms with Crippen LogP contribution in [0.4, 0.5) is 22.7 Å². The zero-order valence-corrected chi connectivity index (χ0v) is 18.5. The van der Waals surface area contributed by atoms with Crippen molar-refractivity contribution in [3.63, 3.8) is 0 Å². The molecule has 2 N–H and O–H groups in total. The van der Waals surface area contributed by atoms with Crippen LogP contribution >= 0.6 is 0 Å². The molecule has 3 aromatic carbocycles. The van der Waals surface area contributed by atoms with Crippen LogP contribution in [0.25, 0.3) is 0 Å². The van der Waals surface area contributed by atoms with E-state index in [9.17, 15) is 25.0 Å². The van der Waals surface area contributed by atoms with Crippen molar-refractivity contribution in [2.45, 2.75) is 6.92 Å². The van der Waals surface area contributed by atoms with Gasteiger partial charge in [0.25, 0.3) is 11.6 Å². The Labute approximate surface area is 199 Å². The lowest BCUT2D eigenvalue weighted by atomic mass is 10.2. The van der Waals surface area contributed by atoms with Gasteiger partial charge >= 0.3 is 5.69 Å². The number of hydrogen-bond acceptors (Lipinski definition) is 9. The van der Waals surface area contributed by atoms with E-state index in [1.54, 1.807) is 48.5 Å². The number of hydrogen-bond donors (Lipinski definition) is 2. The Hall–Kier alpha value is -5.00. The first-order chi connectivity index (χ1) is 16.9. The number of nitrogens with one attached hydrogen (secondary N) is 2. The van der Waals surface area contributed by atoms with E-state index < -0.39 is 21.2 Å². The van der Waals surface area contributed by atoms with Crippen LogP contribution in [0.1, 0.15) is 12.5 Å². The molecule has 0 radical (unpaired) electrons. The van der Waals surface area contributed by atoms with Crippen LogP contribution in [-0.2, 0) is 4.79 Å². The summed E-state index contributed by atoms with van der Waals surface area (Å²) in [5.41, 5.74) is 2.92. The summed E-state index contributed by atoms with van der Waals surface area (Å²) in [4.78, 5) is 32.6. The molecule has 35 heavy (non-hydrogen) atoms. The highest BCUT2D eigenvalue weighted by Crippen LogP contribution is 2.28. The molecule has 12 heteroatoms. The molecule has 0 aliphatic rings. The number of anilines is 2. The van der Waals surface area contributed by atoms with E-state index in [1.165, 1.54) is 12.3 Å². The Kier molecular flexibility index (Phi) is 8.27. The Morgan fingerprint density at radius 1 is 0.943 bits per heavy atom. The van der Waals surface area contributed by atoms with Crippen LogP contribution in [0.2, 0.25) is 0 Å². The van der Waals surface area contributed by atoms with Crippen molar-refractivity contribution < 1.29 is 24.1 Å². The quantitative estimate of drug-likeness (QED) is 0.233. The topological polar surface area (TPSA) is 158 Å². The Balaban J connectivity index is 1.51. The minimum atomic E-state index is -0.733. The number of carbonyl (C=O) groups excluding carboxylic acids is 1. The number of rotatable bonds is 11. The van der Waals surface area contributed by atoms with Crippen LogP contribution < -0.4 is 20.2 Å². The van der Waals surface area contributed by atoms with Crippen molar-refractivity contribution in [1.82, 2.24) is 0 Å². The number of benzene rings is 3. The summed E-state index contributed by atoms with van der Waals surface area (Å²) in [5, 5.41) is 28.6. The van der Waals surface area contributed by atoms with E-state index in [0.717, 1.165) is 12.1 Å². The predicted octanol–water partition coefficient (Wildman–Crippen LogP) is 4.37. The first-order valence-electron chi connectivity index (χ1n) is 10.3. The number of nitro benzene ring substituents is 2. The van der Waals surface area contributed by atoms with Crippen LogP contribution in [-0.4, -0.2) is 35.2 Å². The number of ether oxygens (including phenoxy) is 2. The summed E-state index contributed by atoms with van der Waals surface area (Å²) in [6, 6.07) is 16.8. The van der Waals surface area contributed by atoms with E-state index in [-0.39, 0.29) is 18.2 Å². The molecular formula is C23H21N5O7. The van der Waals surface area contributed by atoms with E-state index in [2.05, 4.69) is 15.8 Å². The van der Waals surface area contributed by atoms with Crippen molar-refractivity contribution >= 4 is 34.9 Å². The molecule has 0 aromatic heterocycles. The zero-order valence-electron chi connectivity index (χ0n) is 18.5. The fourth-order valence-corrected chi connectivity index (χ4v) is 2.85. The molecule has 0 bridgehead atoms. The standard InChI is InChI=1S/C23H21N5O7/c1-2-34-19-10-5-17(6-11-19)25-23(29)15-35-20-8-3-16(4-9-20)14-24-26-21-12-7-18(27(30)31)13-22(21)28(32)33/h3-14,26H,2,15H2,1H3,(H,25,29)/b24-14-. The van der Waals surface area contributed by atoms with E-state index >= 15 is 0 Å². The summed E-state index contributed by atoms with van der Waals surface area (Å²) in [5.74, 6) is 0.850. The van der Waals surface area contributed by atoms with Gasteiger partial charge in [0, 0.05) is 11.8 Å². The minimum Gasteiger partial charge on any atom is -0.494 e. The van der Waals surface area contributed by atoms with E-state index in [1.807, 2.05) is 6.92 Å². The van der Waals surface area contributed by atoms with Gasteiger partial charge in [0.2, 0.25) is 0 Å². The Morgan fingerprint density at radius 3 is 2.23 bits per heavy atom. The SMILES string of the molecule is CCOc1ccc(NC(=O)COc2ccc(/C=N\Nc3ccc([N+](=O)[O-])cc3[N+](=O)[O-])cc2)cc1. The number of nitro groups is 2. The zero-order chi connectivity index (χ0) is 25.2. The number of amides is 1. The molecule has 3 aromatic rings. The number of nitrogens with zero attached hydrogens (tertiary/aromatic N) is 3. The molecule has 0 aliphatic carbocycles. The first kappa shape index (κ1) is 24.6. The highest BCUT2D eigenvalue weighted by atomic mass is 16.6. The lowest BCUT2D eigenvalue weighted by Crippen LogP contribution is -2.20. The highest BCUT2D eigenvalue weighted by molar-refractivity contribution is 5.92. The largest absolute Gasteiger partial charge is 0.494 e. The van der Waals surface area contributed by atoms with Crippen LogP contribution in [0.5, 0.6) is 11.5 Å². The van der Waals surface area contributed by atoms with Gasteiger partial charge in [-0.05, 0) is 67.1 Å². The minimum absolute atomic E-state index is 0.00958. The van der Waals surface area contributed by atoms with Crippen LogP contribution in [0.15, 0.2) is 71.8 Å². The van der Waals surface area contributed by atoms with Gasteiger partial charge < -0.3 is 14.8 Å². The van der Waals surface area contributed by atoms with Gasteiger partial charge in [-0.2, -0.15) is 5.10 Å².